The first-order chi connectivity index (χ1) is 9.04. The molecule has 19 heavy (non-hydrogen) atoms. The van der Waals surface area contributed by atoms with E-state index in [1.54, 1.807) is 0 Å². The van der Waals surface area contributed by atoms with Gasteiger partial charge in [0.25, 0.3) is 0 Å². The van der Waals surface area contributed by atoms with Crippen LogP contribution in [0.2, 0.25) is 0 Å². The SMILES string of the molecule is CC(C)CC(=O)[C@H](O)CC(NC=O)C1CCCCC1. The molecule has 0 aliphatic heterocycles. The summed E-state index contributed by atoms with van der Waals surface area (Å²) in [6.45, 7) is 3.93. The second kappa shape index (κ2) is 8.31. The minimum atomic E-state index is -0.943. The van der Waals surface area contributed by atoms with E-state index < -0.39 is 6.10 Å². The molecular weight excluding hydrogens is 242 g/mol. The molecule has 0 saturated heterocycles. The van der Waals surface area contributed by atoms with Crippen LogP contribution in [0.3, 0.4) is 0 Å². The van der Waals surface area contributed by atoms with Gasteiger partial charge in [-0.2, -0.15) is 0 Å². The molecule has 1 saturated carbocycles. The van der Waals surface area contributed by atoms with Crippen molar-refractivity contribution in [2.24, 2.45) is 11.8 Å². The van der Waals surface area contributed by atoms with Gasteiger partial charge in [0.05, 0.1) is 0 Å². The van der Waals surface area contributed by atoms with Gasteiger partial charge in [0.1, 0.15) is 6.10 Å². The number of hydrogen-bond donors (Lipinski definition) is 2. The molecule has 0 aromatic heterocycles. The molecule has 1 unspecified atom stereocenters. The summed E-state index contributed by atoms with van der Waals surface area (Å²) in [5.74, 6) is 0.554. The Morgan fingerprint density at radius 1 is 1.32 bits per heavy atom. The number of Topliss-reactive ketones (excluding diaryl/α,β-unsaturated/α-hetero) is 1. The van der Waals surface area contributed by atoms with Crippen LogP contribution in [-0.4, -0.2) is 29.4 Å². The maximum Gasteiger partial charge on any atom is 0.207 e. The highest BCUT2D eigenvalue weighted by Gasteiger charge is 2.28. The zero-order chi connectivity index (χ0) is 14.3. The fourth-order valence-corrected chi connectivity index (χ4v) is 2.93. The molecular formula is C15H27NO3. The van der Waals surface area contributed by atoms with Crippen LogP contribution < -0.4 is 5.32 Å². The average Bonchev–Trinajstić information content (AvgIpc) is 2.38. The van der Waals surface area contributed by atoms with Crippen molar-refractivity contribution < 1.29 is 14.7 Å². The number of ketones is 1. The first kappa shape index (κ1) is 16.2. The van der Waals surface area contributed by atoms with Gasteiger partial charge in [-0.15, -0.1) is 0 Å². The van der Waals surface area contributed by atoms with Crippen LogP contribution in [0.5, 0.6) is 0 Å². The Hall–Kier alpha value is -0.900. The molecule has 0 aromatic rings. The van der Waals surface area contributed by atoms with Crippen LogP contribution in [0.1, 0.15) is 58.8 Å². The molecule has 1 aliphatic rings. The lowest BCUT2D eigenvalue weighted by Gasteiger charge is -2.31. The molecule has 4 nitrogen and oxygen atoms in total. The van der Waals surface area contributed by atoms with Crippen molar-refractivity contribution in [3.63, 3.8) is 0 Å². The number of carbonyl (C=O) groups is 2. The minimum Gasteiger partial charge on any atom is -0.385 e. The van der Waals surface area contributed by atoms with Crippen molar-refractivity contribution in [3.8, 4) is 0 Å². The van der Waals surface area contributed by atoms with Gasteiger partial charge >= 0.3 is 0 Å². The summed E-state index contributed by atoms with van der Waals surface area (Å²) in [5.41, 5.74) is 0. The average molecular weight is 269 g/mol. The van der Waals surface area contributed by atoms with E-state index in [0.717, 1.165) is 12.8 Å². The Labute approximate surface area is 116 Å². The van der Waals surface area contributed by atoms with Gasteiger partial charge < -0.3 is 10.4 Å². The molecule has 0 aromatic carbocycles. The highest BCUT2D eigenvalue weighted by molar-refractivity contribution is 5.83. The summed E-state index contributed by atoms with van der Waals surface area (Å²) < 4.78 is 0. The molecule has 110 valence electrons. The van der Waals surface area contributed by atoms with Crippen molar-refractivity contribution in [1.82, 2.24) is 5.32 Å². The Morgan fingerprint density at radius 2 is 1.95 bits per heavy atom. The van der Waals surface area contributed by atoms with Gasteiger partial charge in [-0.1, -0.05) is 33.1 Å². The number of aliphatic hydroxyl groups excluding tert-OH is 1. The third kappa shape index (κ3) is 5.72. The Balaban J connectivity index is 2.51. The third-order valence-corrected chi connectivity index (χ3v) is 3.96. The van der Waals surface area contributed by atoms with E-state index in [-0.39, 0.29) is 17.7 Å². The van der Waals surface area contributed by atoms with Crippen LogP contribution >= 0.6 is 0 Å². The lowest BCUT2D eigenvalue weighted by molar-refractivity contribution is -0.129. The second-order valence-corrected chi connectivity index (χ2v) is 6.10. The summed E-state index contributed by atoms with van der Waals surface area (Å²) in [4.78, 5) is 22.5. The highest BCUT2D eigenvalue weighted by atomic mass is 16.3. The van der Waals surface area contributed by atoms with Crippen molar-refractivity contribution in [3.05, 3.63) is 0 Å². The van der Waals surface area contributed by atoms with E-state index in [1.807, 2.05) is 13.8 Å². The number of nitrogens with one attached hydrogen (secondary N) is 1. The number of aliphatic hydroxyl groups is 1. The summed E-state index contributed by atoms with van der Waals surface area (Å²) in [7, 11) is 0. The van der Waals surface area contributed by atoms with Gasteiger partial charge in [-0.05, 0) is 24.7 Å². The number of hydrogen-bond acceptors (Lipinski definition) is 3. The standard InChI is InChI=1S/C15H27NO3/c1-11(2)8-14(18)15(19)9-13(16-10-17)12-6-4-3-5-7-12/h10-13,15,19H,3-9H2,1-2H3,(H,16,17)/t13?,15-/m1/s1. The first-order valence-electron chi connectivity index (χ1n) is 7.45. The molecule has 0 spiro atoms. The topological polar surface area (TPSA) is 66.4 Å². The zero-order valence-corrected chi connectivity index (χ0v) is 12.1. The largest absolute Gasteiger partial charge is 0.385 e. The summed E-state index contributed by atoms with van der Waals surface area (Å²) in [5, 5.41) is 12.8. The number of rotatable bonds is 8. The molecule has 2 atom stereocenters. The van der Waals surface area contributed by atoms with Crippen molar-refractivity contribution in [1.29, 1.82) is 0 Å². The number of amides is 1. The predicted molar refractivity (Wildman–Crippen MR) is 74.6 cm³/mol. The Bertz CT molecular complexity index is 285. The minimum absolute atomic E-state index is 0.0658. The smallest absolute Gasteiger partial charge is 0.207 e. The third-order valence-electron chi connectivity index (χ3n) is 3.96. The summed E-state index contributed by atoms with van der Waals surface area (Å²) in [6.07, 6.45) is 6.27. The summed E-state index contributed by atoms with van der Waals surface area (Å²) >= 11 is 0. The number of carbonyl (C=O) groups excluding carboxylic acids is 2. The molecule has 1 amide bonds. The van der Waals surface area contributed by atoms with E-state index in [4.69, 9.17) is 0 Å². The highest BCUT2D eigenvalue weighted by Crippen LogP contribution is 2.28. The van der Waals surface area contributed by atoms with E-state index in [1.165, 1.54) is 19.3 Å². The van der Waals surface area contributed by atoms with E-state index in [9.17, 15) is 14.7 Å². The quantitative estimate of drug-likeness (QED) is 0.663. The van der Waals surface area contributed by atoms with E-state index >= 15 is 0 Å². The van der Waals surface area contributed by atoms with E-state index in [2.05, 4.69) is 5.32 Å². The summed E-state index contributed by atoms with van der Waals surface area (Å²) in [6, 6.07) is -0.0658. The first-order valence-corrected chi connectivity index (χ1v) is 7.45. The Kier molecular flexibility index (Phi) is 7.06. The van der Waals surface area contributed by atoms with Crippen LogP contribution in [0, 0.1) is 11.8 Å². The molecule has 2 N–H and O–H groups in total. The van der Waals surface area contributed by atoms with Crippen LogP contribution in [0.4, 0.5) is 0 Å². The van der Waals surface area contributed by atoms with E-state index in [0.29, 0.717) is 25.2 Å². The van der Waals surface area contributed by atoms with Crippen LogP contribution in [-0.2, 0) is 9.59 Å². The lowest BCUT2D eigenvalue weighted by atomic mass is 9.81. The van der Waals surface area contributed by atoms with Gasteiger partial charge in [0.2, 0.25) is 6.41 Å². The molecule has 0 bridgehead atoms. The maximum absolute atomic E-state index is 11.8. The fraction of sp³-hybridized carbons (Fsp3) is 0.867. The van der Waals surface area contributed by atoms with Gasteiger partial charge in [0.15, 0.2) is 5.78 Å². The Morgan fingerprint density at radius 3 is 2.47 bits per heavy atom. The van der Waals surface area contributed by atoms with Crippen LogP contribution in [0.15, 0.2) is 0 Å². The molecule has 1 rings (SSSR count). The molecule has 0 radical (unpaired) electrons. The second-order valence-electron chi connectivity index (χ2n) is 6.10. The fourth-order valence-electron chi connectivity index (χ4n) is 2.93. The van der Waals surface area contributed by atoms with Crippen LogP contribution in [0.25, 0.3) is 0 Å². The monoisotopic (exact) mass is 269 g/mol. The predicted octanol–water partition coefficient (Wildman–Crippen LogP) is 2.05. The lowest BCUT2D eigenvalue weighted by Crippen LogP contribution is -2.41. The molecule has 4 heteroatoms. The molecule has 1 fully saturated rings. The van der Waals surface area contributed by atoms with Crippen molar-refractivity contribution >= 4 is 12.2 Å². The molecule has 1 aliphatic carbocycles. The van der Waals surface area contributed by atoms with Gasteiger partial charge in [0, 0.05) is 18.9 Å². The maximum atomic E-state index is 11.8. The molecule has 0 heterocycles. The van der Waals surface area contributed by atoms with Crippen molar-refractivity contribution in [2.45, 2.75) is 70.9 Å². The normalized spacial score (nSPS) is 20.0. The van der Waals surface area contributed by atoms with Gasteiger partial charge in [-0.25, -0.2) is 0 Å². The van der Waals surface area contributed by atoms with Crippen molar-refractivity contribution in [2.75, 3.05) is 0 Å². The van der Waals surface area contributed by atoms with Gasteiger partial charge in [-0.3, -0.25) is 9.59 Å². The zero-order valence-electron chi connectivity index (χ0n) is 12.1.